The highest BCUT2D eigenvalue weighted by Gasteiger charge is 2.42. The maximum Gasteiger partial charge on any atom is 0.0649 e. The van der Waals surface area contributed by atoms with Gasteiger partial charge in [0.05, 0.1) is 11.1 Å². The van der Waals surface area contributed by atoms with E-state index in [4.69, 9.17) is 11.5 Å². The maximum absolute atomic E-state index is 6.92. The van der Waals surface area contributed by atoms with E-state index >= 15 is 0 Å². The Hall–Kier alpha value is -2.68. The monoisotopic (exact) mass is 366 g/mol. The van der Waals surface area contributed by atoms with Gasteiger partial charge in [0.15, 0.2) is 0 Å². The standard InChI is InChI=1S/C26H26N2/c1-5-6-16-8-10-18-20-14-23-19(13-24(20)26(4,28)22(18)12-16)17-9-7-15(2)11-21(17)25(23,3)27/h5-14H,27-28H2,1-4H3/b6-5+. The van der Waals surface area contributed by atoms with Gasteiger partial charge in [-0.15, -0.1) is 0 Å². The summed E-state index contributed by atoms with van der Waals surface area (Å²) >= 11 is 0. The normalized spacial score (nSPS) is 24.2. The molecule has 2 aliphatic rings. The van der Waals surface area contributed by atoms with Crippen LogP contribution in [0, 0.1) is 6.92 Å². The number of allylic oxidation sites excluding steroid dienone is 1. The minimum absolute atomic E-state index is 0.496. The zero-order valence-corrected chi connectivity index (χ0v) is 16.9. The van der Waals surface area contributed by atoms with Crippen LogP contribution < -0.4 is 11.5 Å². The van der Waals surface area contributed by atoms with Crippen molar-refractivity contribution in [1.82, 2.24) is 0 Å². The first kappa shape index (κ1) is 17.4. The average molecular weight is 367 g/mol. The molecular weight excluding hydrogens is 340 g/mol. The van der Waals surface area contributed by atoms with Gasteiger partial charge in [0.1, 0.15) is 0 Å². The van der Waals surface area contributed by atoms with Crippen LogP contribution in [-0.4, -0.2) is 0 Å². The molecule has 0 bridgehead atoms. The number of benzene rings is 3. The van der Waals surface area contributed by atoms with Gasteiger partial charge in [-0.3, -0.25) is 0 Å². The molecule has 0 spiro atoms. The van der Waals surface area contributed by atoms with Gasteiger partial charge in [0.25, 0.3) is 0 Å². The quantitative estimate of drug-likeness (QED) is 0.603. The lowest BCUT2D eigenvalue weighted by Crippen LogP contribution is -2.33. The Morgan fingerprint density at radius 3 is 1.75 bits per heavy atom. The van der Waals surface area contributed by atoms with Crippen LogP contribution in [0.4, 0.5) is 0 Å². The molecule has 2 atom stereocenters. The smallest absolute Gasteiger partial charge is 0.0649 e. The van der Waals surface area contributed by atoms with Crippen LogP contribution in [0.3, 0.4) is 0 Å². The van der Waals surface area contributed by atoms with E-state index in [0.717, 1.165) is 0 Å². The fourth-order valence-corrected chi connectivity index (χ4v) is 5.04. The Morgan fingerprint density at radius 1 is 0.679 bits per heavy atom. The Balaban J connectivity index is 1.79. The molecule has 0 heterocycles. The minimum atomic E-state index is -0.518. The molecular formula is C26H26N2. The first-order valence-corrected chi connectivity index (χ1v) is 9.91. The molecule has 3 aromatic carbocycles. The molecule has 0 radical (unpaired) electrons. The van der Waals surface area contributed by atoms with Crippen molar-refractivity contribution in [2.45, 2.75) is 38.8 Å². The van der Waals surface area contributed by atoms with Gasteiger partial charge < -0.3 is 11.5 Å². The molecule has 5 rings (SSSR count). The van der Waals surface area contributed by atoms with Crippen LogP contribution in [0.5, 0.6) is 0 Å². The molecule has 0 saturated carbocycles. The van der Waals surface area contributed by atoms with Crippen LogP contribution in [0.25, 0.3) is 28.3 Å². The lowest BCUT2D eigenvalue weighted by molar-refractivity contribution is 0.613. The summed E-state index contributed by atoms with van der Waals surface area (Å²) in [4.78, 5) is 0. The second kappa shape index (κ2) is 5.44. The lowest BCUT2D eigenvalue weighted by Gasteiger charge is -2.24. The van der Waals surface area contributed by atoms with E-state index in [-0.39, 0.29) is 0 Å². The fourth-order valence-electron chi connectivity index (χ4n) is 5.04. The van der Waals surface area contributed by atoms with Crippen LogP contribution in [-0.2, 0) is 11.1 Å². The van der Waals surface area contributed by atoms with Gasteiger partial charge in [0, 0.05) is 0 Å². The lowest BCUT2D eigenvalue weighted by atomic mass is 9.86. The molecule has 0 saturated heterocycles. The van der Waals surface area contributed by atoms with E-state index < -0.39 is 11.1 Å². The summed E-state index contributed by atoms with van der Waals surface area (Å²) < 4.78 is 0. The zero-order chi connectivity index (χ0) is 19.8. The molecule has 28 heavy (non-hydrogen) atoms. The SMILES string of the molecule is C/C=C/c1ccc2c(c1)C(C)(N)c1cc3c(cc1-2)C(C)(N)c1cc(C)ccc1-3. The first-order chi connectivity index (χ1) is 13.2. The largest absolute Gasteiger partial charge is 0.318 e. The summed E-state index contributed by atoms with van der Waals surface area (Å²) in [5.41, 5.74) is 24.8. The van der Waals surface area contributed by atoms with Crippen molar-refractivity contribution in [3.8, 4) is 22.3 Å². The first-order valence-electron chi connectivity index (χ1n) is 9.91. The van der Waals surface area contributed by atoms with E-state index in [2.05, 4.69) is 81.5 Å². The third-order valence-electron chi connectivity index (χ3n) is 6.55. The molecule has 140 valence electrons. The molecule has 3 aromatic rings. The molecule has 2 nitrogen and oxygen atoms in total. The number of nitrogens with two attached hydrogens (primary N) is 2. The summed E-state index contributed by atoms with van der Waals surface area (Å²) in [5, 5.41) is 0. The molecule has 0 aromatic heterocycles. The summed E-state index contributed by atoms with van der Waals surface area (Å²) in [7, 11) is 0. The number of hydrogen-bond donors (Lipinski definition) is 2. The average Bonchev–Trinajstić information content (AvgIpc) is 3.00. The van der Waals surface area contributed by atoms with E-state index in [9.17, 15) is 0 Å². The van der Waals surface area contributed by atoms with Crippen LogP contribution >= 0.6 is 0 Å². The molecule has 2 heteroatoms. The van der Waals surface area contributed by atoms with Gasteiger partial charge >= 0.3 is 0 Å². The van der Waals surface area contributed by atoms with E-state index in [1.54, 1.807) is 0 Å². The Kier molecular flexibility index (Phi) is 3.38. The van der Waals surface area contributed by atoms with Crippen molar-refractivity contribution in [3.63, 3.8) is 0 Å². The van der Waals surface area contributed by atoms with Crippen molar-refractivity contribution in [1.29, 1.82) is 0 Å². The summed E-state index contributed by atoms with van der Waals surface area (Å²) in [6.45, 7) is 8.40. The number of fused-ring (bicyclic) bond motifs is 6. The van der Waals surface area contributed by atoms with Crippen molar-refractivity contribution in [2.24, 2.45) is 11.5 Å². The predicted octanol–water partition coefficient (Wildman–Crippen LogP) is 5.43. The van der Waals surface area contributed by atoms with Crippen LogP contribution in [0.15, 0.2) is 54.6 Å². The Bertz CT molecular complexity index is 1180. The number of hydrogen-bond acceptors (Lipinski definition) is 2. The molecule has 0 amide bonds. The zero-order valence-electron chi connectivity index (χ0n) is 16.9. The molecule has 0 aliphatic heterocycles. The number of rotatable bonds is 1. The maximum atomic E-state index is 6.92. The van der Waals surface area contributed by atoms with Gasteiger partial charge in [-0.1, -0.05) is 48.0 Å². The molecule has 2 aliphatic carbocycles. The molecule has 0 fully saturated rings. The second-order valence-corrected chi connectivity index (χ2v) is 8.70. The highest BCUT2D eigenvalue weighted by atomic mass is 14.8. The Labute approximate surface area is 166 Å². The van der Waals surface area contributed by atoms with Crippen molar-refractivity contribution >= 4 is 6.08 Å². The van der Waals surface area contributed by atoms with Crippen molar-refractivity contribution in [3.05, 3.63) is 88.0 Å². The predicted molar refractivity (Wildman–Crippen MR) is 118 cm³/mol. The summed E-state index contributed by atoms with van der Waals surface area (Å²) in [5.74, 6) is 0. The van der Waals surface area contributed by atoms with E-state index in [1.807, 2.05) is 6.92 Å². The fraction of sp³-hybridized carbons (Fsp3) is 0.231. The van der Waals surface area contributed by atoms with Crippen LogP contribution in [0.2, 0.25) is 0 Å². The van der Waals surface area contributed by atoms with Gasteiger partial charge in [-0.25, -0.2) is 0 Å². The van der Waals surface area contributed by atoms with Crippen LogP contribution in [0.1, 0.15) is 54.2 Å². The van der Waals surface area contributed by atoms with Gasteiger partial charge in [-0.05, 0) is 96.0 Å². The highest BCUT2D eigenvalue weighted by molar-refractivity contribution is 5.89. The third kappa shape index (κ3) is 2.10. The Morgan fingerprint density at radius 2 is 1.18 bits per heavy atom. The molecule has 4 N–H and O–H groups in total. The van der Waals surface area contributed by atoms with E-state index in [1.165, 1.54) is 55.6 Å². The van der Waals surface area contributed by atoms with E-state index in [0.29, 0.717) is 0 Å². The second-order valence-electron chi connectivity index (χ2n) is 8.70. The summed E-state index contributed by atoms with van der Waals surface area (Å²) in [6.07, 6.45) is 4.18. The third-order valence-corrected chi connectivity index (χ3v) is 6.55. The van der Waals surface area contributed by atoms with Gasteiger partial charge in [0.2, 0.25) is 0 Å². The van der Waals surface area contributed by atoms with Crippen molar-refractivity contribution < 1.29 is 0 Å². The van der Waals surface area contributed by atoms with Crippen molar-refractivity contribution in [2.75, 3.05) is 0 Å². The highest BCUT2D eigenvalue weighted by Crippen LogP contribution is 2.53. The summed E-state index contributed by atoms with van der Waals surface area (Å²) in [6, 6.07) is 17.7. The minimum Gasteiger partial charge on any atom is -0.318 e. The molecule has 2 unspecified atom stereocenters. The topological polar surface area (TPSA) is 52.0 Å². The van der Waals surface area contributed by atoms with Gasteiger partial charge in [-0.2, -0.15) is 0 Å². The number of aryl methyl sites for hydroxylation is 1.